The second kappa shape index (κ2) is 10.1. The Labute approximate surface area is 218 Å². The molecule has 0 aliphatic rings. The Balaban J connectivity index is 2.00. The van der Waals surface area contributed by atoms with Crippen molar-refractivity contribution in [2.24, 2.45) is 0 Å². The van der Waals surface area contributed by atoms with E-state index in [1.165, 1.54) is 0 Å². The fourth-order valence-corrected chi connectivity index (χ4v) is 12.2. The molecule has 4 aromatic rings. The van der Waals surface area contributed by atoms with Gasteiger partial charge in [-0.15, -0.1) is 8.15 Å². The van der Waals surface area contributed by atoms with Gasteiger partial charge in [0.1, 0.15) is 0 Å². The molecule has 0 bridgehead atoms. The van der Waals surface area contributed by atoms with Crippen LogP contribution in [0.25, 0.3) is 0 Å². The molecule has 0 saturated heterocycles. The van der Waals surface area contributed by atoms with E-state index in [-0.39, 0.29) is 0 Å². The van der Waals surface area contributed by atoms with Crippen molar-refractivity contribution in [1.29, 1.82) is 0 Å². The summed E-state index contributed by atoms with van der Waals surface area (Å²) in [6.07, 6.45) is 0. The number of benzene rings is 3. The molecule has 0 radical (unpaired) electrons. The van der Waals surface area contributed by atoms with Gasteiger partial charge in [-0.1, -0.05) is 57.7 Å². The van der Waals surface area contributed by atoms with Crippen LogP contribution in [0, 0.1) is 67.3 Å². The quantitative estimate of drug-likeness (QED) is 0.363. The van der Waals surface area contributed by atoms with Crippen LogP contribution < -0.4 is 31.4 Å². The molecule has 0 saturated carbocycles. The molecule has 3 atom stereocenters. The van der Waals surface area contributed by atoms with Gasteiger partial charge in [-0.25, -0.2) is 0 Å². The third-order valence-electron chi connectivity index (χ3n) is 6.75. The van der Waals surface area contributed by atoms with Gasteiger partial charge in [0.2, 0.25) is 10.2 Å². The highest BCUT2D eigenvalue weighted by atomic mass is 31.1. The molecule has 186 valence electrons. The maximum atomic E-state index is 14.1. The van der Waals surface area contributed by atoms with E-state index in [4.69, 9.17) is 0 Å². The van der Waals surface area contributed by atoms with Gasteiger partial charge in [-0.05, 0) is 78.7 Å². The summed E-state index contributed by atoms with van der Waals surface area (Å²) in [6, 6.07) is 12.3. The van der Waals surface area contributed by atoms with Gasteiger partial charge in [0.25, 0.3) is 5.30 Å². The van der Waals surface area contributed by atoms with Gasteiger partial charge in [-0.2, -0.15) is 4.89 Å². The fourth-order valence-electron chi connectivity index (χ4n) is 5.57. The van der Waals surface area contributed by atoms with E-state index < -0.39 is 23.7 Å². The smallest absolute Gasteiger partial charge is 0.421 e. The van der Waals surface area contributed by atoms with Crippen molar-refractivity contribution < 1.29 is 14.4 Å². The minimum absolute atomic E-state index is 0.605. The van der Waals surface area contributed by atoms with Crippen LogP contribution in [0.4, 0.5) is 0 Å². The second-order valence-electron chi connectivity index (χ2n) is 10.2. The Bertz CT molecular complexity index is 1500. The SMILES string of the molecule is Cc1cc(C)c(P([O-])c2c([P+](=O)c3c(C)cc(C)cc3C)c2=[P+](O)c2c(C)cc(C)cc2C)c(C)c1. The van der Waals surface area contributed by atoms with Crippen molar-refractivity contribution in [3.8, 4) is 0 Å². The summed E-state index contributed by atoms with van der Waals surface area (Å²) in [5.41, 5.74) is 9.27. The van der Waals surface area contributed by atoms with Crippen molar-refractivity contribution in [1.82, 2.24) is 0 Å². The first kappa shape index (κ1) is 27.1. The Hall–Kier alpha value is -1.98. The highest BCUT2D eigenvalue weighted by Crippen LogP contribution is 2.41. The van der Waals surface area contributed by atoms with Crippen molar-refractivity contribution in [2.45, 2.75) is 62.3 Å². The molecular formula is C30H34O3P3+. The molecule has 0 heterocycles. The van der Waals surface area contributed by atoms with Crippen molar-refractivity contribution in [3.63, 3.8) is 0 Å². The van der Waals surface area contributed by atoms with Crippen LogP contribution in [0.15, 0.2) is 36.4 Å². The molecule has 4 rings (SSSR count). The minimum atomic E-state index is -1.99. The van der Waals surface area contributed by atoms with E-state index in [1.54, 1.807) is 0 Å². The molecule has 0 fully saturated rings. The van der Waals surface area contributed by atoms with Gasteiger partial charge < -0.3 is 4.89 Å². The van der Waals surface area contributed by atoms with Crippen LogP contribution >= 0.6 is 23.7 Å². The van der Waals surface area contributed by atoms with Crippen molar-refractivity contribution >= 4 is 50.2 Å². The van der Waals surface area contributed by atoms with Gasteiger partial charge >= 0.3 is 15.6 Å². The van der Waals surface area contributed by atoms with Gasteiger partial charge in [-0.3, -0.25) is 0 Å². The van der Waals surface area contributed by atoms with E-state index in [9.17, 15) is 14.4 Å². The summed E-state index contributed by atoms with van der Waals surface area (Å²) in [6.45, 7) is 18.0. The van der Waals surface area contributed by atoms with Crippen LogP contribution in [0.1, 0.15) is 50.1 Å². The largest absolute Gasteiger partial charge is 0.822 e. The Morgan fingerprint density at radius 1 is 0.583 bits per heavy atom. The lowest BCUT2D eigenvalue weighted by molar-refractivity contribution is -0.153. The van der Waals surface area contributed by atoms with E-state index in [0.717, 1.165) is 66.0 Å². The number of hydrogen-bond acceptors (Lipinski definition) is 3. The van der Waals surface area contributed by atoms with Crippen LogP contribution in [-0.4, -0.2) is 4.89 Å². The van der Waals surface area contributed by atoms with Crippen LogP contribution in [-0.2, 0) is 4.57 Å². The van der Waals surface area contributed by atoms with E-state index in [2.05, 4.69) is 12.1 Å². The number of hydrogen-bond donors (Lipinski definition) is 1. The van der Waals surface area contributed by atoms with Gasteiger partial charge in [0, 0.05) is 22.3 Å². The zero-order chi connectivity index (χ0) is 26.6. The zero-order valence-corrected chi connectivity index (χ0v) is 25.3. The Kier molecular flexibility index (Phi) is 7.56. The summed E-state index contributed by atoms with van der Waals surface area (Å²) in [5, 5.41) is 3.67. The van der Waals surface area contributed by atoms with Crippen LogP contribution in [0.2, 0.25) is 0 Å². The fraction of sp³-hybridized carbons (Fsp3) is 0.300. The molecule has 0 aliphatic heterocycles. The van der Waals surface area contributed by atoms with Crippen molar-refractivity contribution in [2.75, 3.05) is 0 Å². The molecule has 3 nitrogen and oxygen atoms in total. The average molecular weight is 536 g/mol. The normalized spacial score (nSPS) is 13.8. The predicted octanol–water partition coefficient (Wildman–Crippen LogP) is 5.07. The van der Waals surface area contributed by atoms with Gasteiger partial charge in [0.05, 0.1) is 5.30 Å². The van der Waals surface area contributed by atoms with Crippen molar-refractivity contribution in [3.05, 3.63) is 91.4 Å². The summed E-state index contributed by atoms with van der Waals surface area (Å²) in [7, 11) is -5.75. The molecule has 0 aromatic heterocycles. The third kappa shape index (κ3) is 4.81. The minimum Gasteiger partial charge on any atom is -0.822 e. The Morgan fingerprint density at radius 3 is 1.36 bits per heavy atom. The first-order valence-electron chi connectivity index (χ1n) is 12.1. The molecular weight excluding hydrogens is 501 g/mol. The molecule has 1 N–H and O–H groups in total. The third-order valence-corrected chi connectivity index (χ3v) is 13.2. The lowest BCUT2D eigenvalue weighted by Crippen LogP contribution is -2.24. The van der Waals surface area contributed by atoms with E-state index in [1.807, 2.05) is 86.6 Å². The highest BCUT2D eigenvalue weighted by Gasteiger charge is 2.48. The lowest BCUT2D eigenvalue weighted by atomic mass is 10.1. The monoisotopic (exact) mass is 535 g/mol. The summed E-state index contributed by atoms with van der Waals surface area (Å²) < 4.78 is 14.1. The average Bonchev–Trinajstić information content (AvgIpc) is 3.47. The predicted molar refractivity (Wildman–Crippen MR) is 156 cm³/mol. The molecule has 0 aliphatic carbocycles. The summed E-state index contributed by atoms with van der Waals surface area (Å²) in [5.74, 6) is 0. The molecule has 4 aromatic carbocycles. The molecule has 0 spiro atoms. The second-order valence-corrected chi connectivity index (χ2v) is 14.7. The standard InChI is InChI=1S/C30H34O3P3/c1-16-10-19(4)25(20(5)11-16)34(31)28-29(35(32)26-21(6)12-17(2)13-22(26)7)30(28)36(33)27-23(8)14-18(3)15-24(27)9/h10-15H,1-9H3,(H-,31,32)/q+1. The topological polar surface area (TPSA) is 60.4 Å². The Morgan fingerprint density at radius 2 is 0.944 bits per heavy atom. The molecule has 6 heteroatoms. The number of aryl methyl sites for hydroxylation is 9. The van der Waals surface area contributed by atoms with E-state index >= 15 is 0 Å². The van der Waals surface area contributed by atoms with Crippen LogP contribution in [0.3, 0.4) is 0 Å². The lowest BCUT2D eigenvalue weighted by Gasteiger charge is -2.24. The maximum Gasteiger partial charge on any atom is 0.421 e. The van der Waals surface area contributed by atoms with Gasteiger partial charge in [0.15, 0.2) is 5.30 Å². The first-order chi connectivity index (χ1) is 16.8. The highest BCUT2D eigenvalue weighted by molar-refractivity contribution is 7.74. The van der Waals surface area contributed by atoms with E-state index in [0.29, 0.717) is 15.5 Å². The summed E-state index contributed by atoms with van der Waals surface area (Å²) >= 11 is 0. The number of rotatable bonds is 5. The van der Waals surface area contributed by atoms with Crippen LogP contribution in [0.5, 0.6) is 0 Å². The molecule has 0 amide bonds. The zero-order valence-electron chi connectivity index (χ0n) is 22.6. The molecule has 3 unspecified atom stereocenters. The molecule has 36 heavy (non-hydrogen) atoms. The maximum absolute atomic E-state index is 14.1. The summed E-state index contributed by atoms with van der Waals surface area (Å²) in [4.78, 5) is 26.5. The first-order valence-corrected chi connectivity index (χ1v) is 15.9.